The number of nitrogens with zero attached hydrogens (tertiary/aromatic N) is 1. The van der Waals surface area contributed by atoms with E-state index in [1.807, 2.05) is 26.0 Å². The van der Waals surface area contributed by atoms with E-state index in [4.69, 9.17) is 5.26 Å². The van der Waals surface area contributed by atoms with Crippen molar-refractivity contribution in [2.24, 2.45) is 0 Å². The Kier molecular flexibility index (Phi) is 7.03. The molecular formula is C21H33N2OP. The molecule has 3 nitrogen and oxygen atoms in total. The molecular weight excluding hydrogens is 327 g/mol. The molecule has 0 spiro atoms. The maximum absolute atomic E-state index is 13.2. The van der Waals surface area contributed by atoms with Crippen molar-refractivity contribution in [1.82, 2.24) is 0 Å². The van der Waals surface area contributed by atoms with Crippen molar-refractivity contribution < 1.29 is 4.79 Å². The Bertz CT molecular complexity index is 631. The minimum absolute atomic E-state index is 0.199. The van der Waals surface area contributed by atoms with Crippen LogP contribution in [0.1, 0.15) is 62.1 Å². The zero-order valence-corrected chi connectivity index (χ0v) is 17.2. The molecule has 1 heterocycles. The number of aryl methyl sites for hydroxylation is 2. The summed E-state index contributed by atoms with van der Waals surface area (Å²) in [6.45, 7) is 8.59. The number of amides is 1. The molecule has 1 aromatic carbocycles. The van der Waals surface area contributed by atoms with E-state index in [9.17, 15) is 4.79 Å². The van der Waals surface area contributed by atoms with E-state index in [-0.39, 0.29) is 11.6 Å². The first-order chi connectivity index (χ1) is 11.9. The molecule has 0 aliphatic carbocycles. The summed E-state index contributed by atoms with van der Waals surface area (Å²) in [7, 11) is -1.57. The van der Waals surface area contributed by atoms with Crippen LogP contribution in [-0.4, -0.2) is 30.6 Å². The van der Waals surface area contributed by atoms with Gasteiger partial charge in [-0.25, -0.2) is 0 Å². The number of anilines is 1. The van der Waals surface area contributed by atoms with Gasteiger partial charge in [0.1, 0.15) is 0 Å². The van der Waals surface area contributed by atoms with E-state index in [2.05, 4.69) is 25.0 Å². The van der Waals surface area contributed by atoms with Gasteiger partial charge in [-0.1, -0.05) is 0 Å². The summed E-state index contributed by atoms with van der Waals surface area (Å²) >= 11 is 0. The van der Waals surface area contributed by atoms with Gasteiger partial charge in [-0.05, 0) is 0 Å². The predicted octanol–water partition coefficient (Wildman–Crippen LogP) is 5.24. The first-order valence-electron chi connectivity index (χ1n) is 9.73. The van der Waals surface area contributed by atoms with Crippen LogP contribution in [0.25, 0.3) is 0 Å². The zero-order chi connectivity index (χ0) is 18.4. The Morgan fingerprint density at radius 3 is 2.24 bits per heavy atom. The Balaban J connectivity index is 2.25. The van der Waals surface area contributed by atoms with Gasteiger partial charge in [-0.2, -0.15) is 0 Å². The first-order valence-corrected chi connectivity index (χ1v) is 12.7. The van der Waals surface area contributed by atoms with Gasteiger partial charge in [0.25, 0.3) is 0 Å². The molecule has 4 heteroatoms. The third-order valence-electron chi connectivity index (χ3n) is 5.89. The van der Waals surface area contributed by atoms with Gasteiger partial charge >= 0.3 is 153 Å². The quantitative estimate of drug-likeness (QED) is 0.730. The van der Waals surface area contributed by atoms with Crippen LogP contribution < -0.4 is 5.32 Å². The SMILES string of the molecule is CCCC(C(=O)Nc1c(C)cc(C#N)cc1C)[PH]1(C)CCCCCC1. The zero-order valence-electron chi connectivity index (χ0n) is 16.2. The summed E-state index contributed by atoms with van der Waals surface area (Å²) in [5.74, 6) is 0.217. The van der Waals surface area contributed by atoms with Gasteiger partial charge in [-0.15, -0.1) is 0 Å². The number of nitrogens with one attached hydrogen (secondary N) is 1. The summed E-state index contributed by atoms with van der Waals surface area (Å²) < 4.78 is 0. The van der Waals surface area contributed by atoms with Gasteiger partial charge in [0.2, 0.25) is 0 Å². The summed E-state index contributed by atoms with van der Waals surface area (Å²) in [6.07, 6.45) is 9.89. The van der Waals surface area contributed by atoms with E-state index >= 15 is 0 Å². The van der Waals surface area contributed by atoms with Crippen molar-refractivity contribution in [3.63, 3.8) is 0 Å². The normalized spacial score (nSPS) is 19.3. The second-order valence-corrected chi connectivity index (χ2v) is 13.0. The van der Waals surface area contributed by atoms with Gasteiger partial charge in [0.05, 0.1) is 0 Å². The molecule has 1 amide bonds. The van der Waals surface area contributed by atoms with E-state index in [1.165, 1.54) is 38.0 Å². The predicted molar refractivity (Wildman–Crippen MR) is 110 cm³/mol. The molecule has 1 unspecified atom stereocenters. The average molecular weight is 360 g/mol. The molecule has 0 saturated carbocycles. The molecule has 1 atom stereocenters. The topological polar surface area (TPSA) is 52.9 Å². The van der Waals surface area contributed by atoms with Crippen molar-refractivity contribution in [2.45, 2.75) is 65.0 Å². The molecule has 0 aromatic heterocycles. The molecule has 0 radical (unpaired) electrons. The van der Waals surface area contributed by atoms with E-state index in [0.717, 1.165) is 29.7 Å². The fraction of sp³-hybridized carbons (Fsp3) is 0.619. The fourth-order valence-electron chi connectivity index (χ4n) is 4.40. The summed E-state index contributed by atoms with van der Waals surface area (Å²) in [5, 5.41) is 12.4. The number of carbonyl (C=O) groups excluding carboxylic acids is 1. The van der Waals surface area contributed by atoms with Crippen molar-refractivity contribution in [3.05, 3.63) is 28.8 Å². The number of nitriles is 1. The summed E-state index contributed by atoms with van der Waals surface area (Å²) in [6, 6.07) is 5.92. The Morgan fingerprint density at radius 2 is 1.76 bits per heavy atom. The molecule has 2 rings (SSSR count). The van der Waals surface area contributed by atoms with Crippen LogP contribution in [0.3, 0.4) is 0 Å². The number of hydrogen-bond donors (Lipinski definition) is 1. The summed E-state index contributed by atoms with van der Waals surface area (Å²) in [5.41, 5.74) is 3.71. The van der Waals surface area contributed by atoms with Crippen LogP contribution in [0.4, 0.5) is 5.69 Å². The number of rotatable bonds is 5. The van der Waals surface area contributed by atoms with Crippen LogP contribution >= 0.6 is 7.26 Å². The van der Waals surface area contributed by atoms with Crippen molar-refractivity contribution >= 4 is 18.9 Å². The van der Waals surface area contributed by atoms with Crippen LogP contribution in [0.2, 0.25) is 0 Å². The van der Waals surface area contributed by atoms with Crippen molar-refractivity contribution in [1.29, 1.82) is 5.26 Å². The molecule has 25 heavy (non-hydrogen) atoms. The summed E-state index contributed by atoms with van der Waals surface area (Å²) in [4.78, 5) is 13.2. The molecule has 1 aliphatic heterocycles. The molecule has 1 fully saturated rings. The number of benzene rings is 1. The van der Waals surface area contributed by atoms with Crippen LogP contribution in [0, 0.1) is 25.2 Å². The monoisotopic (exact) mass is 360 g/mol. The molecule has 1 saturated heterocycles. The van der Waals surface area contributed by atoms with Crippen LogP contribution in [0.15, 0.2) is 12.1 Å². The average Bonchev–Trinajstić information content (AvgIpc) is 2.80. The molecule has 1 aliphatic rings. The second kappa shape index (κ2) is 8.81. The van der Waals surface area contributed by atoms with E-state index < -0.39 is 7.26 Å². The number of carbonyl (C=O) groups is 1. The number of hydrogen-bond acceptors (Lipinski definition) is 2. The molecule has 0 bridgehead atoms. The standard InChI is InChI=1S/C21H33N2OP/c1-5-10-19(25(4)11-8-6-7-9-12-25)21(24)23-20-16(2)13-18(15-22)14-17(20)3/h13-14,19,25H,5-12H2,1-4H3,(H,23,24). The second-order valence-electron chi connectivity index (χ2n) is 8.00. The van der Waals surface area contributed by atoms with Gasteiger partial charge in [-0.3, -0.25) is 0 Å². The molecule has 1 N–H and O–H groups in total. The minimum atomic E-state index is -1.57. The molecule has 1 aromatic rings. The Hall–Kier alpha value is -1.39. The molecule has 138 valence electrons. The Morgan fingerprint density at radius 1 is 1.20 bits per heavy atom. The van der Waals surface area contributed by atoms with Gasteiger partial charge in [0.15, 0.2) is 0 Å². The van der Waals surface area contributed by atoms with Crippen LogP contribution in [0.5, 0.6) is 0 Å². The maximum atomic E-state index is 13.2. The van der Waals surface area contributed by atoms with Crippen molar-refractivity contribution in [3.8, 4) is 6.07 Å². The van der Waals surface area contributed by atoms with Crippen LogP contribution in [-0.2, 0) is 4.79 Å². The third kappa shape index (κ3) is 4.83. The first kappa shape index (κ1) is 19.9. The third-order valence-corrected chi connectivity index (χ3v) is 11.1. The Labute approximate surface area is 153 Å². The van der Waals surface area contributed by atoms with E-state index in [1.54, 1.807) is 0 Å². The van der Waals surface area contributed by atoms with E-state index in [0.29, 0.717) is 5.56 Å². The fourth-order valence-corrected chi connectivity index (χ4v) is 9.16. The van der Waals surface area contributed by atoms with Gasteiger partial charge < -0.3 is 0 Å². The van der Waals surface area contributed by atoms with Gasteiger partial charge in [0, 0.05) is 0 Å². The van der Waals surface area contributed by atoms with Crippen molar-refractivity contribution in [2.75, 3.05) is 24.3 Å².